The first kappa shape index (κ1) is 17.8. The Bertz CT molecular complexity index is 998. The maximum Gasteiger partial charge on any atom is 0.251 e. The summed E-state index contributed by atoms with van der Waals surface area (Å²) in [6, 6.07) is 12.7. The summed E-state index contributed by atoms with van der Waals surface area (Å²) >= 11 is 0. The first-order chi connectivity index (χ1) is 12.3. The molecule has 0 aliphatic heterocycles. The summed E-state index contributed by atoms with van der Waals surface area (Å²) in [7, 11) is -3.73. The van der Waals surface area contributed by atoms with Gasteiger partial charge in [-0.3, -0.25) is 4.79 Å². The molecule has 0 unspecified atom stereocenters. The van der Waals surface area contributed by atoms with Crippen molar-refractivity contribution in [2.75, 3.05) is 0 Å². The van der Waals surface area contributed by atoms with E-state index in [1.54, 1.807) is 47.4 Å². The second kappa shape index (κ2) is 7.06. The molecule has 3 N–H and O–H groups in total. The number of hydrogen-bond donors (Lipinski definition) is 2. The second-order valence-corrected chi connectivity index (χ2v) is 7.26. The van der Waals surface area contributed by atoms with Crippen molar-refractivity contribution in [3.8, 4) is 5.69 Å². The van der Waals surface area contributed by atoms with Crippen molar-refractivity contribution < 1.29 is 13.2 Å². The lowest BCUT2D eigenvalue weighted by Gasteiger charge is -2.15. The van der Waals surface area contributed by atoms with Crippen LogP contribution in [0.2, 0.25) is 0 Å². The molecule has 3 aromatic rings. The van der Waals surface area contributed by atoms with Crippen LogP contribution in [0.15, 0.2) is 66.1 Å². The zero-order chi connectivity index (χ0) is 18.7. The first-order valence-corrected chi connectivity index (χ1v) is 9.28. The van der Waals surface area contributed by atoms with Crippen molar-refractivity contribution in [3.05, 3.63) is 72.3 Å². The van der Waals surface area contributed by atoms with Gasteiger partial charge in [-0.05, 0) is 48.9 Å². The molecule has 1 atom stereocenters. The number of amides is 1. The molecule has 0 saturated heterocycles. The number of aromatic nitrogens is 3. The van der Waals surface area contributed by atoms with E-state index in [0.29, 0.717) is 5.56 Å². The minimum Gasteiger partial charge on any atom is -0.346 e. The zero-order valence-corrected chi connectivity index (χ0v) is 14.7. The predicted molar refractivity (Wildman–Crippen MR) is 95.1 cm³/mol. The number of carbonyl (C=O) groups is 1. The maximum atomic E-state index is 12.4. The van der Waals surface area contributed by atoms with Crippen LogP contribution in [0.5, 0.6) is 0 Å². The summed E-state index contributed by atoms with van der Waals surface area (Å²) in [6.07, 6.45) is 3.01. The Morgan fingerprint density at radius 2 is 1.77 bits per heavy atom. The Morgan fingerprint density at radius 1 is 1.12 bits per heavy atom. The molecule has 0 spiro atoms. The van der Waals surface area contributed by atoms with Gasteiger partial charge in [0, 0.05) is 5.56 Å². The molecule has 8 nitrogen and oxygen atoms in total. The van der Waals surface area contributed by atoms with Crippen LogP contribution in [-0.4, -0.2) is 29.1 Å². The molecule has 26 heavy (non-hydrogen) atoms. The fraction of sp³-hybridized carbons (Fsp3) is 0.118. The smallest absolute Gasteiger partial charge is 0.251 e. The summed E-state index contributed by atoms with van der Waals surface area (Å²) in [6.45, 7) is 1.81. The van der Waals surface area contributed by atoms with Crippen LogP contribution in [0.25, 0.3) is 5.69 Å². The van der Waals surface area contributed by atoms with Gasteiger partial charge in [0.15, 0.2) is 0 Å². The van der Waals surface area contributed by atoms with Crippen LogP contribution in [0.1, 0.15) is 28.9 Å². The quantitative estimate of drug-likeness (QED) is 0.702. The molecule has 3 rings (SSSR count). The number of rotatable bonds is 5. The summed E-state index contributed by atoms with van der Waals surface area (Å²) in [5.74, 6) is -0.238. The highest BCUT2D eigenvalue weighted by atomic mass is 32.2. The number of nitrogens with one attached hydrogen (secondary N) is 1. The van der Waals surface area contributed by atoms with Crippen molar-refractivity contribution in [3.63, 3.8) is 0 Å². The van der Waals surface area contributed by atoms with Crippen LogP contribution in [-0.2, 0) is 10.0 Å². The van der Waals surface area contributed by atoms with Gasteiger partial charge in [0.05, 0.1) is 16.6 Å². The van der Waals surface area contributed by atoms with E-state index in [1.807, 2.05) is 6.92 Å². The van der Waals surface area contributed by atoms with Crippen LogP contribution >= 0.6 is 0 Å². The standard InChI is InChI=1S/C17H17N5O3S/c1-12(13-4-8-16(9-5-13)26(18,24)25)21-17(23)14-2-6-15(7-3-14)22-11-19-10-20-22/h2-12H,1H3,(H,21,23)(H2,18,24,25)/t12-/m1/s1. The third-order valence-electron chi connectivity index (χ3n) is 3.87. The Hall–Kier alpha value is -3.04. The molecule has 0 aliphatic rings. The number of primary sulfonamides is 1. The largest absolute Gasteiger partial charge is 0.346 e. The van der Waals surface area contributed by atoms with E-state index in [0.717, 1.165) is 11.3 Å². The fourth-order valence-electron chi connectivity index (χ4n) is 2.42. The predicted octanol–water partition coefficient (Wildman–Crippen LogP) is 1.41. The van der Waals surface area contributed by atoms with Crippen LogP contribution in [0, 0.1) is 0 Å². The Morgan fingerprint density at radius 3 is 2.31 bits per heavy atom. The summed E-state index contributed by atoms with van der Waals surface area (Å²) in [5.41, 5.74) is 2.07. The number of carbonyl (C=O) groups excluding carboxylic acids is 1. The van der Waals surface area contributed by atoms with E-state index in [-0.39, 0.29) is 16.8 Å². The van der Waals surface area contributed by atoms with Gasteiger partial charge in [-0.15, -0.1) is 0 Å². The lowest BCUT2D eigenvalue weighted by Crippen LogP contribution is -2.26. The van der Waals surface area contributed by atoms with Crippen molar-refractivity contribution in [1.82, 2.24) is 20.1 Å². The molecule has 0 bridgehead atoms. The molecular weight excluding hydrogens is 354 g/mol. The minimum absolute atomic E-state index is 0.0310. The second-order valence-electron chi connectivity index (χ2n) is 5.70. The summed E-state index contributed by atoms with van der Waals surface area (Å²) in [5, 5.41) is 12.0. The number of benzene rings is 2. The number of hydrogen-bond acceptors (Lipinski definition) is 5. The minimum atomic E-state index is -3.73. The van der Waals surface area contributed by atoms with Gasteiger partial charge in [-0.2, -0.15) is 5.10 Å². The maximum absolute atomic E-state index is 12.4. The summed E-state index contributed by atoms with van der Waals surface area (Å²) < 4.78 is 24.2. The Labute approximate surface area is 150 Å². The highest BCUT2D eigenvalue weighted by molar-refractivity contribution is 7.89. The molecular formula is C17H17N5O3S. The van der Waals surface area contributed by atoms with Gasteiger partial charge < -0.3 is 5.32 Å². The monoisotopic (exact) mass is 371 g/mol. The van der Waals surface area contributed by atoms with Gasteiger partial charge in [0.1, 0.15) is 12.7 Å². The van der Waals surface area contributed by atoms with E-state index < -0.39 is 10.0 Å². The lowest BCUT2D eigenvalue weighted by atomic mass is 10.1. The normalized spacial score (nSPS) is 12.5. The number of nitrogens with zero attached hydrogens (tertiary/aromatic N) is 3. The molecule has 0 aliphatic carbocycles. The van der Waals surface area contributed by atoms with Gasteiger partial charge >= 0.3 is 0 Å². The van der Waals surface area contributed by atoms with Crippen molar-refractivity contribution in [2.45, 2.75) is 17.9 Å². The van der Waals surface area contributed by atoms with Crippen molar-refractivity contribution in [2.24, 2.45) is 5.14 Å². The van der Waals surface area contributed by atoms with Crippen LogP contribution in [0.4, 0.5) is 0 Å². The SMILES string of the molecule is C[C@@H](NC(=O)c1ccc(-n2cncn2)cc1)c1ccc(S(N)(=O)=O)cc1. The molecule has 1 heterocycles. The molecule has 0 fully saturated rings. The van der Waals surface area contributed by atoms with Crippen molar-refractivity contribution in [1.29, 1.82) is 0 Å². The Kier molecular flexibility index (Phi) is 4.83. The Balaban J connectivity index is 1.69. The van der Waals surface area contributed by atoms with Crippen molar-refractivity contribution >= 4 is 15.9 Å². The summed E-state index contributed by atoms with van der Waals surface area (Å²) in [4.78, 5) is 16.3. The molecule has 1 amide bonds. The number of nitrogens with two attached hydrogens (primary N) is 1. The average molecular weight is 371 g/mol. The lowest BCUT2D eigenvalue weighted by molar-refractivity contribution is 0.0940. The molecule has 1 aromatic heterocycles. The highest BCUT2D eigenvalue weighted by Crippen LogP contribution is 2.16. The highest BCUT2D eigenvalue weighted by Gasteiger charge is 2.13. The fourth-order valence-corrected chi connectivity index (χ4v) is 2.93. The third kappa shape index (κ3) is 3.95. The average Bonchev–Trinajstić information content (AvgIpc) is 3.16. The van der Waals surface area contributed by atoms with Gasteiger partial charge in [0.2, 0.25) is 10.0 Å². The van der Waals surface area contributed by atoms with Gasteiger partial charge in [-0.25, -0.2) is 23.2 Å². The zero-order valence-electron chi connectivity index (χ0n) is 13.9. The number of sulfonamides is 1. The van der Waals surface area contributed by atoms with Crippen LogP contribution in [0.3, 0.4) is 0 Å². The topological polar surface area (TPSA) is 120 Å². The van der Waals surface area contributed by atoms with E-state index in [1.165, 1.54) is 18.5 Å². The van der Waals surface area contributed by atoms with Crippen LogP contribution < -0.4 is 10.5 Å². The molecule has 2 aromatic carbocycles. The van der Waals surface area contributed by atoms with Gasteiger partial charge in [0.25, 0.3) is 5.91 Å². The molecule has 9 heteroatoms. The van der Waals surface area contributed by atoms with Gasteiger partial charge in [-0.1, -0.05) is 12.1 Å². The van der Waals surface area contributed by atoms with E-state index >= 15 is 0 Å². The molecule has 0 saturated carbocycles. The first-order valence-electron chi connectivity index (χ1n) is 7.73. The van der Waals surface area contributed by atoms with E-state index in [4.69, 9.17) is 5.14 Å². The van der Waals surface area contributed by atoms with E-state index in [9.17, 15) is 13.2 Å². The third-order valence-corrected chi connectivity index (χ3v) is 4.80. The molecule has 134 valence electrons. The van der Waals surface area contributed by atoms with E-state index in [2.05, 4.69) is 15.4 Å². The molecule has 0 radical (unpaired) electrons.